The Bertz CT molecular complexity index is 1260. The fraction of sp³-hybridized carbons (Fsp3) is 0.406. The SMILES string of the molecule is CCCCCCCCCCCCCC(=O)N/N=C\c1c(OC(=O)c2ccc(Cl)cc2Cl)ccc2ccccc12. The van der Waals surface area contributed by atoms with Crippen LogP contribution in [0.1, 0.15) is 99.9 Å². The maximum absolute atomic E-state index is 12.8. The number of esters is 1. The number of hydrazone groups is 1. The molecule has 1 N–H and O–H groups in total. The predicted octanol–water partition coefficient (Wildman–Crippen LogP) is 9.52. The number of hydrogen-bond acceptors (Lipinski definition) is 4. The molecule has 0 aliphatic heterocycles. The Hall–Kier alpha value is -2.89. The number of nitrogens with zero attached hydrogens (tertiary/aromatic N) is 1. The highest BCUT2D eigenvalue weighted by Gasteiger charge is 2.16. The van der Waals surface area contributed by atoms with Crippen LogP contribution in [0.5, 0.6) is 5.75 Å². The van der Waals surface area contributed by atoms with Gasteiger partial charge in [-0.1, -0.05) is 125 Å². The summed E-state index contributed by atoms with van der Waals surface area (Å²) in [5, 5.41) is 6.60. The highest BCUT2D eigenvalue weighted by Crippen LogP contribution is 2.29. The lowest BCUT2D eigenvalue weighted by molar-refractivity contribution is -0.121. The van der Waals surface area contributed by atoms with Crippen LogP contribution in [0.4, 0.5) is 0 Å². The Morgan fingerprint density at radius 1 is 0.846 bits per heavy atom. The van der Waals surface area contributed by atoms with E-state index in [0.29, 0.717) is 22.8 Å². The van der Waals surface area contributed by atoms with E-state index in [1.807, 2.05) is 30.3 Å². The number of rotatable bonds is 16. The van der Waals surface area contributed by atoms with Crippen molar-refractivity contribution < 1.29 is 14.3 Å². The Kier molecular flexibility index (Phi) is 13.3. The Morgan fingerprint density at radius 3 is 2.21 bits per heavy atom. The zero-order valence-corrected chi connectivity index (χ0v) is 24.2. The van der Waals surface area contributed by atoms with Crippen molar-refractivity contribution in [2.75, 3.05) is 0 Å². The Labute approximate surface area is 241 Å². The molecule has 0 unspecified atom stereocenters. The van der Waals surface area contributed by atoms with E-state index in [9.17, 15) is 9.59 Å². The summed E-state index contributed by atoms with van der Waals surface area (Å²) in [5.74, 6) is -0.427. The largest absolute Gasteiger partial charge is 0.422 e. The molecule has 208 valence electrons. The molecule has 0 saturated heterocycles. The quantitative estimate of drug-likeness (QED) is 0.0614. The fourth-order valence-corrected chi connectivity index (χ4v) is 4.97. The number of benzene rings is 3. The molecule has 1 amide bonds. The first-order valence-corrected chi connectivity index (χ1v) is 14.8. The van der Waals surface area contributed by atoms with Crippen LogP contribution >= 0.6 is 23.2 Å². The maximum Gasteiger partial charge on any atom is 0.345 e. The molecule has 0 bridgehead atoms. The van der Waals surface area contributed by atoms with Crippen molar-refractivity contribution >= 4 is 52.1 Å². The lowest BCUT2D eigenvalue weighted by atomic mass is 10.0. The van der Waals surface area contributed by atoms with Gasteiger partial charge in [-0.25, -0.2) is 10.2 Å². The van der Waals surface area contributed by atoms with E-state index >= 15 is 0 Å². The van der Waals surface area contributed by atoms with Gasteiger partial charge in [-0.15, -0.1) is 0 Å². The molecule has 3 aromatic carbocycles. The number of carbonyl (C=O) groups is 2. The van der Waals surface area contributed by atoms with Crippen LogP contribution in [0, 0.1) is 0 Å². The molecule has 5 nitrogen and oxygen atoms in total. The third kappa shape index (κ3) is 10.3. The number of ether oxygens (including phenoxy) is 1. The normalized spacial score (nSPS) is 11.3. The molecule has 39 heavy (non-hydrogen) atoms. The van der Waals surface area contributed by atoms with E-state index in [1.165, 1.54) is 69.7 Å². The number of nitrogens with one attached hydrogen (secondary N) is 1. The first-order valence-electron chi connectivity index (χ1n) is 14.0. The van der Waals surface area contributed by atoms with Crippen molar-refractivity contribution in [3.63, 3.8) is 0 Å². The average molecular weight is 570 g/mol. The lowest BCUT2D eigenvalue weighted by Gasteiger charge is -2.11. The van der Waals surface area contributed by atoms with E-state index in [-0.39, 0.29) is 16.5 Å². The molecule has 7 heteroatoms. The Morgan fingerprint density at radius 2 is 1.51 bits per heavy atom. The van der Waals surface area contributed by atoms with E-state index in [1.54, 1.807) is 12.1 Å². The minimum absolute atomic E-state index is 0.131. The number of amides is 1. The minimum atomic E-state index is -0.609. The fourth-order valence-electron chi connectivity index (χ4n) is 4.48. The molecule has 0 aliphatic rings. The molecule has 0 spiro atoms. The molecule has 0 aromatic heterocycles. The minimum Gasteiger partial charge on any atom is -0.422 e. The number of fused-ring (bicyclic) bond motifs is 1. The van der Waals surface area contributed by atoms with Gasteiger partial charge in [0.1, 0.15) is 5.75 Å². The topological polar surface area (TPSA) is 67.8 Å². The molecular weight excluding hydrogens is 531 g/mol. The van der Waals surface area contributed by atoms with E-state index in [4.69, 9.17) is 27.9 Å². The second kappa shape index (κ2) is 16.9. The van der Waals surface area contributed by atoms with Crippen LogP contribution in [-0.4, -0.2) is 18.1 Å². The van der Waals surface area contributed by atoms with Gasteiger partial charge in [0.2, 0.25) is 5.91 Å². The summed E-state index contributed by atoms with van der Waals surface area (Å²) in [6, 6.07) is 15.9. The van der Waals surface area contributed by atoms with E-state index < -0.39 is 5.97 Å². The van der Waals surface area contributed by atoms with Crippen molar-refractivity contribution in [2.24, 2.45) is 5.10 Å². The second-order valence-corrected chi connectivity index (χ2v) is 10.6. The van der Waals surface area contributed by atoms with Gasteiger partial charge in [0.15, 0.2) is 0 Å². The van der Waals surface area contributed by atoms with Crippen LogP contribution in [0.2, 0.25) is 10.0 Å². The molecule has 0 atom stereocenters. The second-order valence-electron chi connectivity index (χ2n) is 9.79. The highest BCUT2D eigenvalue weighted by atomic mass is 35.5. The predicted molar refractivity (Wildman–Crippen MR) is 162 cm³/mol. The summed E-state index contributed by atoms with van der Waals surface area (Å²) in [7, 11) is 0. The van der Waals surface area contributed by atoms with Gasteiger partial charge in [0, 0.05) is 17.0 Å². The highest BCUT2D eigenvalue weighted by molar-refractivity contribution is 6.36. The third-order valence-electron chi connectivity index (χ3n) is 6.67. The summed E-state index contributed by atoms with van der Waals surface area (Å²) in [6.45, 7) is 2.24. The molecule has 0 saturated carbocycles. The zero-order chi connectivity index (χ0) is 27.9. The first-order chi connectivity index (χ1) is 19.0. The molecule has 0 heterocycles. The van der Waals surface area contributed by atoms with Crippen LogP contribution in [0.3, 0.4) is 0 Å². The summed E-state index contributed by atoms with van der Waals surface area (Å²) < 4.78 is 5.69. The van der Waals surface area contributed by atoms with Crippen molar-refractivity contribution in [1.82, 2.24) is 5.43 Å². The summed E-state index contributed by atoms with van der Waals surface area (Å²) >= 11 is 12.1. The van der Waals surface area contributed by atoms with Gasteiger partial charge in [-0.2, -0.15) is 5.10 Å². The number of carbonyl (C=O) groups excluding carboxylic acids is 2. The van der Waals surface area contributed by atoms with Gasteiger partial charge in [0.25, 0.3) is 0 Å². The van der Waals surface area contributed by atoms with Gasteiger partial charge in [-0.05, 0) is 41.5 Å². The lowest BCUT2D eigenvalue weighted by Crippen LogP contribution is -2.17. The van der Waals surface area contributed by atoms with Gasteiger partial charge in [0.05, 0.1) is 16.8 Å². The van der Waals surface area contributed by atoms with Crippen LogP contribution < -0.4 is 10.2 Å². The standard InChI is InChI=1S/C32H38Cl2N2O3/c1-2-3-4-5-6-7-8-9-10-11-12-17-31(37)36-35-23-28-26-16-14-13-15-24(26)18-21-30(28)39-32(38)27-20-19-25(33)22-29(27)34/h13-16,18-23H,2-12,17H2,1H3,(H,36,37)/b35-23-. The number of unbranched alkanes of at least 4 members (excludes halogenated alkanes) is 10. The first kappa shape index (κ1) is 30.6. The summed E-state index contributed by atoms with van der Waals surface area (Å²) in [5.41, 5.74) is 3.40. The monoisotopic (exact) mass is 568 g/mol. The molecule has 0 radical (unpaired) electrons. The van der Waals surface area contributed by atoms with E-state index in [0.717, 1.165) is 30.0 Å². The van der Waals surface area contributed by atoms with Crippen molar-refractivity contribution in [2.45, 2.75) is 84.0 Å². The molecular formula is C32H38Cl2N2O3. The van der Waals surface area contributed by atoms with Gasteiger partial charge >= 0.3 is 5.97 Å². The molecule has 3 aromatic rings. The third-order valence-corrected chi connectivity index (χ3v) is 7.22. The zero-order valence-electron chi connectivity index (χ0n) is 22.7. The molecule has 0 aliphatic carbocycles. The Balaban J connectivity index is 1.51. The molecule has 3 rings (SSSR count). The van der Waals surface area contributed by atoms with Crippen LogP contribution in [0.25, 0.3) is 10.8 Å². The van der Waals surface area contributed by atoms with E-state index in [2.05, 4.69) is 17.5 Å². The maximum atomic E-state index is 12.8. The average Bonchev–Trinajstić information content (AvgIpc) is 2.92. The number of halogens is 2. The van der Waals surface area contributed by atoms with Crippen molar-refractivity contribution in [1.29, 1.82) is 0 Å². The van der Waals surface area contributed by atoms with Gasteiger partial charge in [-0.3, -0.25) is 4.79 Å². The summed E-state index contributed by atoms with van der Waals surface area (Å²) in [6.07, 6.45) is 15.5. The molecule has 0 fully saturated rings. The van der Waals surface area contributed by atoms with Crippen LogP contribution in [0.15, 0.2) is 59.7 Å². The smallest absolute Gasteiger partial charge is 0.345 e. The van der Waals surface area contributed by atoms with Crippen molar-refractivity contribution in [3.05, 3.63) is 75.8 Å². The van der Waals surface area contributed by atoms with Crippen LogP contribution in [-0.2, 0) is 4.79 Å². The number of hydrogen-bond donors (Lipinski definition) is 1. The van der Waals surface area contributed by atoms with Crippen molar-refractivity contribution in [3.8, 4) is 5.75 Å². The summed E-state index contributed by atoms with van der Waals surface area (Å²) in [4.78, 5) is 25.2. The van der Waals surface area contributed by atoms with Gasteiger partial charge < -0.3 is 4.74 Å².